The van der Waals surface area contributed by atoms with Crippen LogP contribution in [0.5, 0.6) is 0 Å². The standard InChI is InChI=1S/C34H44FN5O5/c1-3-24(41)7-5-4-6-8-28(38-32(43)27(36)19-34(44)13-15-40(16-14-34)21-22-9-10-22)33-37-20-30(45-33)25-17-23-11-12-31(42)39(2)29(23)18-26(25)35/h11-12,17-18,20,22,28,36,44H,3-10,13-16,19,21H2,1-2H3,(H,38,43)/t28-/m0/s1. The number of likely N-dealkylation sites (tertiary alicyclic amines) is 1. The van der Waals surface area contributed by atoms with E-state index in [4.69, 9.17) is 9.83 Å². The van der Waals surface area contributed by atoms with Gasteiger partial charge >= 0.3 is 0 Å². The first-order chi connectivity index (χ1) is 21.5. The minimum atomic E-state index is -1.09. The molecule has 11 heteroatoms. The first-order valence-electron chi connectivity index (χ1n) is 16.2. The molecule has 5 rings (SSSR count). The number of benzene rings is 1. The summed E-state index contributed by atoms with van der Waals surface area (Å²) in [6.45, 7) is 4.41. The Kier molecular flexibility index (Phi) is 10.3. The number of nitrogens with one attached hydrogen (secondary N) is 2. The number of pyridine rings is 1. The van der Waals surface area contributed by atoms with Gasteiger partial charge in [0.1, 0.15) is 17.6 Å². The second kappa shape index (κ2) is 14.2. The van der Waals surface area contributed by atoms with Gasteiger partial charge in [0.25, 0.3) is 11.5 Å². The molecule has 242 valence electrons. The van der Waals surface area contributed by atoms with E-state index in [1.54, 1.807) is 19.2 Å². The first kappa shape index (κ1) is 32.7. The average molecular weight is 622 g/mol. The van der Waals surface area contributed by atoms with E-state index >= 15 is 4.39 Å². The number of amides is 1. The molecule has 0 unspecified atom stereocenters. The van der Waals surface area contributed by atoms with Crippen LogP contribution in [0.15, 0.2) is 39.7 Å². The molecule has 3 aromatic rings. The van der Waals surface area contributed by atoms with E-state index in [1.165, 1.54) is 35.7 Å². The number of aliphatic hydroxyl groups is 1. The maximum atomic E-state index is 15.2. The molecule has 2 fully saturated rings. The molecule has 1 atom stereocenters. The van der Waals surface area contributed by atoms with Crippen molar-refractivity contribution < 1.29 is 23.5 Å². The van der Waals surface area contributed by atoms with Crippen molar-refractivity contribution in [2.75, 3.05) is 19.6 Å². The van der Waals surface area contributed by atoms with Gasteiger partial charge in [0.15, 0.2) is 5.76 Å². The van der Waals surface area contributed by atoms with Crippen molar-refractivity contribution in [3.63, 3.8) is 0 Å². The van der Waals surface area contributed by atoms with Crippen LogP contribution < -0.4 is 10.9 Å². The lowest BCUT2D eigenvalue weighted by atomic mass is 9.86. The highest BCUT2D eigenvalue weighted by Gasteiger charge is 2.36. The van der Waals surface area contributed by atoms with E-state index in [1.807, 2.05) is 6.92 Å². The van der Waals surface area contributed by atoms with E-state index in [9.17, 15) is 19.5 Å². The summed E-state index contributed by atoms with van der Waals surface area (Å²) in [5.41, 5.74) is -0.922. The second-order valence-electron chi connectivity index (χ2n) is 12.8. The lowest BCUT2D eigenvalue weighted by molar-refractivity contribution is -0.119. The fourth-order valence-corrected chi connectivity index (χ4v) is 6.09. The highest BCUT2D eigenvalue weighted by Crippen LogP contribution is 2.33. The van der Waals surface area contributed by atoms with Gasteiger partial charge in [-0.3, -0.25) is 19.8 Å². The number of ketones is 1. The van der Waals surface area contributed by atoms with E-state index in [0.717, 1.165) is 38.4 Å². The van der Waals surface area contributed by atoms with Gasteiger partial charge in [-0.2, -0.15) is 0 Å². The molecule has 0 spiro atoms. The van der Waals surface area contributed by atoms with Gasteiger partial charge in [0.05, 0.1) is 28.6 Å². The minimum Gasteiger partial charge on any atom is -0.438 e. The molecule has 10 nitrogen and oxygen atoms in total. The molecule has 2 aromatic heterocycles. The summed E-state index contributed by atoms with van der Waals surface area (Å²) in [4.78, 5) is 43.7. The Hall–Kier alpha value is -3.70. The summed E-state index contributed by atoms with van der Waals surface area (Å²) in [5, 5.41) is 23.2. The summed E-state index contributed by atoms with van der Waals surface area (Å²) in [7, 11) is 1.58. The highest BCUT2D eigenvalue weighted by atomic mass is 19.1. The number of aryl methyl sites for hydroxylation is 1. The molecular weight excluding hydrogens is 577 g/mol. The van der Waals surface area contributed by atoms with E-state index in [0.29, 0.717) is 49.4 Å². The van der Waals surface area contributed by atoms with Gasteiger partial charge in [-0.1, -0.05) is 19.8 Å². The van der Waals surface area contributed by atoms with Crippen molar-refractivity contribution in [2.45, 2.75) is 89.2 Å². The summed E-state index contributed by atoms with van der Waals surface area (Å²) >= 11 is 0. The van der Waals surface area contributed by atoms with E-state index < -0.39 is 23.4 Å². The van der Waals surface area contributed by atoms with Crippen LogP contribution >= 0.6 is 0 Å². The average Bonchev–Trinajstić information content (AvgIpc) is 3.71. The zero-order chi connectivity index (χ0) is 32.1. The van der Waals surface area contributed by atoms with Gasteiger partial charge in [0, 0.05) is 52.0 Å². The molecule has 3 heterocycles. The number of hydrogen-bond acceptors (Lipinski definition) is 8. The number of unbranched alkanes of at least 4 members (excludes halogenated alkanes) is 2. The van der Waals surface area contributed by atoms with Crippen LogP contribution in [0, 0.1) is 17.1 Å². The molecule has 1 saturated carbocycles. The van der Waals surface area contributed by atoms with Crippen LogP contribution in [0.3, 0.4) is 0 Å². The molecule has 0 bridgehead atoms. The lowest BCUT2D eigenvalue weighted by Crippen LogP contribution is -2.47. The normalized spacial score (nSPS) is 17.3. The van der Waals surface area contributed by atoms with Crippen molar-refractivity contribution in [3.05, 3.63) is 52.5 Å². The number of carbonyl (C=O) groups excluding carboxylic acids is 2. The van der Waals surface area contributed by atoms with Crippen LogP contribution in [0.2, 0.25) is 0 Å². The number of fused-ring (bicyclic) bond motifs is 1. The third kappa shape index (κ3) is 8.32. The SMILES string of the molecule is CCC(=O)CCCCC[C@H](NC(=O)C(=N)CC1(O)CCN(CC2CC2)CC1)c1ncc(-c2cc3ccc(=O)n(C)c3cc2F)o1. The third-order valence-corrected chi connectivity index (χ3v) is 9.23. The molecule has 45 heavy (non-hydrogen) atoms. The van der Waals surface area contributed by atoms with Gasteiger partial charge in [-0.25, -0.2) is 9.37 Å². The number of carbonyl (C=O) groups is 2. The van der Waals surface area contributed by atoms with Crippen molar-refractivity contribution >= 4 is 28.3 Å². The van der Waals surface area contributed by atoms with Gasteiger partial charge in [-0.15, -0.1) is 0 Å². The number of oxazole rings is 1. The van der Waals surface area contributed by atoms with Crippen molar-refractivity contribution in [1.29, 1.82) is 5.41 Å². The number of hydrogen-bond donors (Lipinski definition) is 3. The molecule has 1 aliphatic carbocycles. The predicted molar refractivity (Wildman–Crippen MR) is 170 cm³/mol. The smallest absolute Gasteiger partial charge is 0.265 e. The predicted octanol–water partition coefficient (Wildman–Crippen LogP) is 5.07. The molecular formula is C34H44FN5O5. The number of piperidine rings is 1. The Morgan fingerprint density at radius 2 is 1.96 bits per heavy atom. The van der Waals surface area contributed by atoms with Crippen LogP contribution in [0.25, 0.3) is 22.2 Å². The summed E-state index contributed by atoms with van der Waals surface area (Å²) < 4.78 is 22.6. The van der Waals surface area contributed by atoms with Gasteiger partial charge < -0.3 is 24.3 Å². The fourth-order valence-electron chi connectivity index (χ4n) is 6.09. The lowest BCUT2D eigenvalue weighted by Gasteiger charge is -2.38. The zero-order valence-corrected chi connectivity index (χ0v) is 26.2. The fraction of sp³-hybridized carbons (Fsp3) is 0.559. The first-order valence-corrected chi connectivity index (χ1v) is 16.2. The Morgan fingerprint density at radius 1 is 1.20 bits per heavy atom. The number of halogens is 1. The monoisotopic (exact) mass is 621 g/mol. The number of aromatic nitrogens is 2. The van der Waals surface area contributed by atoms with Crippen LogP contribution in [0.4, 0.5) is 4.39 Å². The topological polar surface area (TPSA) is 142 Å². The van der Waals surface area contributed by atoms with Crippen LogP contribution in [0.1, 0.15) is 89.5 Å². The number of nitrogens with zero attached hydrogens (tertiary/aromatic N) is 3. The zero-order valence-electron chi connectivity index (χ0n) is 26.2. The molecule has 1 saturated heterocycles. The summed E-state index contributed by atoms with van der Waals surface area (Å²) in [6.07, 6.45) is 8.57. The van der Waals surface area contributed by atoms with Crippen LogP contribution in [-0.4, -0.2) is 62.2 Å². The maximum Gasteiger partial charge on any atom is 0.265 e. The second-order valence-corrected chi connectivity index (χ2v) is 12.8. The number of rotatable bonds is 15. The summed E-state index contributed by atoms with van der Waals surface area (Å²) in [5.74, 6) is 0.155. The molecule has 1 amide bonds. The van der Waals surface area contributed by atoms with Gasteiger partial charge in [-0.05, 0) is 68.0 Å². The number of Topliss-reactive ketones (excluding diaryl/α,β-unsaturated/α-hetero) is 1. The largest absolute Gasteiger partial charge is 0.438 e. The van der Waals surface area contributed by atoms with Gasteiger partial charge in [0.2, 0.25) is 5.89 Å². The van der Waals surface area contributed by atoms with Crippen molar-refractivity contribution in [2.24, 2.45) is 13.0 Å². The Bertz CT molecular complexity index is 1600. The quantitative estimate of drug-likeness (QED) is 0.159. The maximum absolute atomic E-state index is 15.2. The van der Waals surface area contributed by atoms with Crippen LogP contribution in [-0.2, 0) is 16.6 Å². The molecule has 3 N–H and O–H groups in total. The van der Waals surface area contributed by atoms with E-state index in [-0.39, 0.29) is 40.7 Å². The van der Waals surface area contributed by atoms with Crippen molar-refractivity contribution in [1.82, 2.24) is 19.8 Å². The molecule has 1 aromatic carbocycles. The molecule has 0 radical (unpaired) electrons. The molecule has 2 aliphatic rings. The Morgan fingerprint density at radius 3 is 2.67 bits per heavy atom. The Labute approximate surface area is 262 Å². The molecule has 1 aliphatic heterocycles. The third-order valence-electron chi connectivity index (χ3n) is 9.23. The van der Waals surface area contributed by atoms with Crippen molar-refractivity contribution in [3.8, 4) is 11.3 Å². The highest BCUT2D eigenvalue weighted by molar-refractivity contribution is 6.37. The van der Waals surface area contributed by atoms with E-state index in [2.05, 4.69) is 15.2 Å². The minimum absolute atomic E-state index is 0.0381. The Balaban J connectivity index is 1.28. The summed E-state index contributed by atoms with van der Waals surface area (Å²) in [6, 6.07) is 5.24.